The number of fused-ring (bicyclic) bond motifs is 1. The van der Waals surface area contributed by atoms with Crippen LogP contribution < -0.4 is 10.2 Å². The Morgan fingerprint density at radius 2 is 1.79 bits per heavy atom. The predicted octanol–water partition coefficient (Wildman–Crippen LogP) is 4.99. The number of imidazole rings is 1. The van der Waals surface area contributed by atoms with Crippen LogP contribution in [0.1, 0.15) is 22.5 Å². The van der Waals surface area contributed by atoms with Crippen LogP contribution in [0, 0.1) is 18.3 Å². The van der Waals surface area contributed by atoms with Gasteiger partial charge in [-0.15, -0.1) is 0 Å². The van der Waals surface area contributed by atoms with Crippen LogP contribution in [0.15, 0.2) is 66.7 Å². The van der Waals surface area contributed by atoms with E-state index in [4.69, 9.17) is 10.2 Å². The lowest BCUT2D eigenvalue weighted by molar-refractivity contribution is 0.918. The maximum absolute atomic E-state index is 8.90. The molecule has 0 spiro atoms. The van der Waals surface area contributed by atoms with Crippen LogP contribution in [0.3, 0.4) is 0 Å². The van der Waals surface area contributed by atoms with Gasteiger partial charge in [-0.25, -0.2) is 4.98 Å². The van der Waals surface area contributed by atoms with Crippen LogP contribution in [0.25, 0.3) is 11.0 Å². The molecule has 4 rings (SSSR count). The molecule has 0 saturated heterocycles. The Morgan fingerprint density at radius 3 is 2.52 bits per heavy atom. The Bertz CT molecular complexity index is 1150. The molecular weight excluding hydrogens is 358 g/mol. The molecule has 0 fully saturated rings. The van der Waals surface area contributed by atoms with Crippen LogP contribution in [0.4, 0.5) is 11.4 Å². The molecule has 0 aliphatic carbocycles. The topological polar surface area (TPSA) is 67.7 Å². The fourth-order valence-corrected chi connectivity index (χ4v) is 3.54. The summed E-state index contributed by atoms with van der Waals surface area (Å²) < 4.78 is 0. The van der Waals surface area contributed by atoms with Gasteiger partial charge in [0.15, 0.2) is 0 Å². The third kappa shape index (κ3) is 4.07. The highest BCUT2D eigenvalue weighted by Crippen LogP contribution is 2.27. The van der Waals surface area contributed by atoms with Gasteiger partial charge in [-0.3, -0.25) is 0 Å². The minimum absolute atomic E-state index is 0.592. The zero-order valence-electron chi connectivity index (χ0n) is 16.6. The maximum Gasteiger partial charge on any atom is 0.126 e. The maximum atomic E-state index is 8.90. The van der Waals surface area contributed by atoms with Crippen LogP contribution >= 0.6 is 0 Å². The second kappa shape index (κ2) is 8.07. The Hall–Kier alpha value is -3.78. The van der Waals surface area contributed by atoms with E-state index in [9.17, 15) is 0 Å². The Labute approximate surface area is 170 Å². The van der Waals surface area contributed by atoms with Crippen molar-refractivity contribution in [1.29, 1.82) is 5.26 Å². The van der Waals surface area contributed by atoms with E-state index in [1.165, 1.54) is 16.8 Å². The van der Waals surface area contributed by atoms with E-state index in [2.05, 4.69) is 71.6 Å². The number of benzene rings is 3. The second-order valence-electron chi connectivity index (χ2n) is 7.17. The van der Waals surface area contributed by atoms with Crippen LogP contribution in [0.2, 0.25) is 0 Å². The number of nitrogens with zero attached hydrogens (tertiary/aromatic N) is 3. The monoisotopic (exact) mass is 381 g/mol. The van der Waals surface area contributed by atoms with Gasteiger partial charge in [0.1, 0.15) is 5.82 Å². The number of aromatic nitrogens is 2. The zero-order valence-corrected chi connectivity index (χ0v) is 16.6. The van der Waals surface area contributed by atoms with Crippen molar-refractivity contribution in [2.75, 3.05) is 17.3 Å². The number of hydrogen-bond donors (Lipinski definition) is 2. The lowest BCUT2D eigenvalue weighted by Gasteiger charge is -2.21. The first-order chi connectivity index (χ1) is 14.1. The third-order valence-corrected chi connectivity index (χ3v) is 5.08. The van der Waals surface area contributed by atoms with E-state index in [0.29, 0.717) is 12.1 Å². The summed E-state index contributed by atoms with van der Waals surface area (Å²) in [5.41, 5.74) is 7.28. The molecule has 5 nitrogen and oxygen atoms in total. The van der Waals surface area contributed by atoms with Gasteiger partial charge >= 0.3 is 0 Å². The number of anilines is 2. The molecule has 0 aliphatic heterocycles. The highest BCUT2D eigenvalue weighted by molar-refractivity contribution is 5.84. The molecule has 0 unspecified atom stereocenters. The Balaban J connectivity index is 1.51. The number of H-pyrrole nitrogens is 1. The van der Waals surface area contributed by atoms with Crippen molar-refractivity contribution >= 4 is 22.4 Å². The van der Waals surface area contributed by atoms with Crippen molar-refractivity contribution < 1.29 is 0 Å². The number of aromatic amines is 1. The van der Waals surface area contributed by atoms with Crippen molar-refractivity contribution in [1.82, 2.24) is 9.97 Å². The Kier molecular flexibility index (Phi) is 5.17. The van der Waals surface area contributed by atoms with E-state index in [1.807, 2.05) is 18.2 Å². The van der Waals surface area contributed by atoms with Gasteiger partial charge in [0, 0.05) is 30.5 Å². The third-order valence-electron chi connectivity index (χ3n) is 5.08. The summed E-state index contributed by atoms with van der Waals surface area (Å²) in [6.07, 6.45) is 0. The fourth-order valence-electron chi connectivity index (χ4n) is 3.54. The molecule has 0 radical (unpaired) electrons. The molecule has 144 valence electrons. The lowest BCUT2D eigenvalue weighted by atomic mass is 10.1. The van der Waals surface area contributed by atoms with E-state index in [1.54, 1.807) is 12.1 Å². The van der Waals surface area contributed by atoms with Crippen LogP contribution in [-0.4, -0.2) is 17.0 Å². The van der Waals surface area contributed by atoms with E-state index < -0.39 is 0 Å². The van der Waals surface area contributed by atoms with E-state index >= 15 is 0 Å². The second-order valence-corrected chi connectivity index (χ2v) is 7.17. The van der Waals surface area contributed by atoms with Gasteiger partial charge in [-0.1, -0.05) is 30.3 Å². The van der Waals surface area contributed by atoms with Gasteiger partial charge in [0.05, 0.1) is 29.2 Å². The average molecular weight is 381 g/mol. The van der Waals surface area contributed by atoms with Gasteiger partial charge in [0.2, 0.25) is 0 Å². The first-order valence-corrected chi connectivity index (χ1v) is 9.61. The average Bonchev–Trinajstić information content (AvgIpc) is 3.18. The molecular formula is C24H23N5. The minimum Gasteiger partial charge on any atom is -0.378 e. The molecule has 1 heterocycles. The largest absolute Gasteiger partial charge is 0.378 e. The smallest absolute Gasteiger partial charge is 0.126 e. The van der Waals surface area contributed by atoms with E-state index in [-0.39, 0.29) is 0 Å². The highest BCUT2D eigenvalue weighted by atomic mass is 15.1. The minimum atomic E-state index is 0.592. The molecule has 5 heteroatoms. The number of hydrogen-bond acceptors (Lipinski definition) is 4. The Morgan fingerprint density at radius 1 is 1.03 bits per heavy atom. The summed E-state index contributed by atoms with van der Waals surface area (Å²) in [5, 5.41) is 12.2. The molecule has 4 aromatic rings. The molecule has 3 aromatic carbocycles. The summed E-state index contributed by atoms with van der Waals surface area (Å²) in [7, 11) is 2.11. The van der Waals surface area contributed by atoms with Gasteiger partial charge in [-0.05, 0) is 48.9 Å². The molecule has 0 aliphatic rings. The molecule has 0 bridgehead atoms. The number of rotatable bonds is 6. The predicted molar refractivity (Wildman–Crippen MR) is 118 cm³/mol. The van der Waals surface area contributed by atoms with Crippen molar-refractivity contribution in [2.24, 2.45) is 0 Å². The van der Waals surface area contributed by atoms with Gasteiger partial charge in [-0.2, -0.15) is 5.26 Å². The molecule has 0 atom stereocenters. The number of nitrogens with one attached hydrogen (secondary N) is 2. The molecule has 1 aromatic heterocycles. The molecule has 0 amide bonds. The first-order valence-electron chi connectivity index (χ1n) is 9.61. The molecule has 2 N–H and O–H groups in total. The van der Waals surface area contributed by atoms with Crippen molar-refractivity contribution in [3.05, 3.63) is 89.2 Å². The van der Waals surface area contributed by atoms with Gasteiger partial charge in [0.25, 0.3) is 0 Å². The van der Waals surface area contributed by atoms with Crippen LogP contribution in [-0.2, 0) is 13.1 Å². The highest BCUT2D eigenvalue weighted by Gasteiger charge is 2.12. The summed E-state index contributed by atoms with van der Waals surface area (Å²) >= 11 is 0. The fraction of sp³-hybridized carbons (Fsp3) is 0.167. The summed E-state index contributed by atoms with van der Waals surface area (Å²) in [6.45, 7) is 3.57. The number of nitriles is 1. The molecule has 0 saturated carbocycles. The van der Waals surface area contributed by atoms with Crippen molar-refractivity contribution in [2.45, 2.75) is 20.0 Å². The van der Waals surface area contributed by atoms with Crippen molar-refractivity contribution in [3.63, 3.8) is 0 Å². The van der Waals surface area contributed by atoms with Gasteiger partial charge < -0.3 is 15.2 Å². The van der Waals surface area contributed by atoms with E-state index in [0.717, 1.165) is 29.1 Å². The molecule has 29 heavy (non-hydrogen) atoms. The summed E-state index contributed by atoms with van der Waals surface area (Å²) in [5.74, 6) is 0.885. The first kappa shape index (κ1) is 18.6. The van der Waals surface area contributed by atoms with Crippen LogP contribution in [0.5, 0.6) is 0 Å². The lowest BCUT2D eigenvalue weighted by Crippen LogP contribution is -2.17. The standard InChI is InChI=1S/C24H23N5/c1-17-22(29(2)16-19-6-4-3-5-7-19)13-12-21-24(17)28-23(27-21)15-26-20-10-8-18(14-25)9-11-20/h3-13,26H,15-16H2,1-2H3,(H,27,28). The summed E-state index contributed by atoms with van der Waals surface area (Å²) in [4.78, 5) is 10.5. The zero-order chi connectivity index (χ0) is 20.2. The number of aryl methyl sites for hydroxylation is 1. The summed E-state index contributed by atoms with van der Waals surface area (Å²) in [6, 6.07) is 24.3. The van der Waals surface area contributed by atoms with Crippen molar-refractivity contribution in [3.8, 4) is 6.07 Å². The quantitative estimate of drug-likeness (QED) is 0.494. The normalized spacial score (nSPS) is 10.7. The SMILES string of the molecule is Cc1c(N(C)Cc2ccccc2)ccc2[nH]c(CNc3ccc(C#N)cc3)nc12.